The minimum Gasteiger partial charge on any atom is -0.511 e. The molecule has 0 fully saturated rings. The molecule has 5 heteroatoms. The lowest BCUT2D eigenvalue weighted by Gasteiger charge is -2.00. The van der Waals surface area contributed by atoms with Gasteiger partial charge in [-0.3, -0.25) is 4.79 Å². The van der Waals surface area contributed by atoms with Gasteiger partial charge in [0.2, 0.25) is 0 Å². The van der Waals surface area contributed by atoms with Gasteiger partial charge in [-0.05, 0) is 13.8 Å². The van der Waals surface area contributed by atoms with Gasteiger partial charge in [-0.15, -0.1) is 0 Å². The zero-order valence-electron chi connectivity index (χ0n) is 8.28. The van der Waals surface area contributed by atoms with Crippen LogP contribution in [-0.4, -0.2) is 30.3 Å². The number of aliphatic hydroxyl groups is 1. The molecule has 0 amide bonds. The number of esters is 2. The highest BCUT2D eigenvalue weighted by Gasteiger charge is 2.07. The number of carbonyl (C=O) groups excluding carboxylic acids is 2. The molecule has 5 nitrogen and oxygen atoms in total. The number of hydrogen-bond acceptors (Lipinski definition) is 5. The summed E-state index contributed by atoms with van der Waals surface area (Å²) in [4.78, 5) is 21.6. The molecule has 0 heterocycles. The van der Waals surface area contributed by atoms with Gasteiger partial charge in [0.25, 0.3) is 0 Å². The van der Waals surface area contributed by atoms with E-state index in [4.69, 9.17) is 5.11 Å². The molecule has 0 atom stereocenters. The minimum absolute atomic E-state index is 0.224. The molecule has 14 heavy (non-hydrogen) atoms. The first kappa shape index (κ1) is 12.5. The van der Waals surface area contributed by atoms with Crippen LogP contribution in [0.2, 0.25) is 0 Å². The zero-order valence-corrected chi connectivity index (χ0v) is 8.28. The van der Waals surface area contributed by atoms with E-state index in [2.05, 4.69) is 9.47 Å². The Morgan fingerprint density at radius 1 is 1.21 bits per heavy atom. The van der Waals surface area contributed by atoms with E-state index in [1.54, 1.807) is 13.8 Å². The molecule has 0 aromatic heterocycles. The Balaban J connectivity index is 3.99. The lowest BCUT2D eigenvalue weighted by molar-refractivity contribution is -0.142. The van der Waals surface area contributed by atoms with Crippen molar-refractivity contribution in [2.45, 2.75) is 20.3 Å². The largest absolute Gasteiger partial charge is 0.511 e. The normalized spacial score (nSPS) is 10.9. The van der Waals surface area contributed by atoms with E-state index in [9.17, 15) is 9.59 Å². The fourth-order valence-electron chi connectivity index (χ4n) is 0.731. The third-order valence-corrected chi connectivity index (χ3v) is 1.20. The average molecular weight is 202 g/mol. The van der Waals surface area contributed by atoms with E-state index < -0.39 is 11.9 Å². The van der Waals surface area contributed by atoms with Crippen molar-refractivity contribution in [3.63, 3.8) is 0 Å². The summed E-state index contributed by atoms with van der Waals surface area (Å²) in [5, 5.41) is 9.10. The van der Waals surface area contributed by atoms with Gasteiger partial charge in [-0.25, -0.2) is 4.79 Å². The van der Waals surface area contributed by atoms with Crippen LogP contribution in [0.4, 0.5) is 0 Å². The summed E-state index contributed by atoms with van der Waals surface area (Å²) in [6.07, 6.45) is 0.549. The molecular weight excluding hydrogens is 188 g/mol. The number of ether oxygens (including phenoxy) is 2. The van der Waals surface area contributed by atoms with Crippen LogP contribution >= 0.6 is 0 Å². The Kier molecular flexibility index (Phi) is 6.19. The van der Waals surface area contributed by atoms with Gasteiger partial charge in [0.15, 0.2) is 0 Å². The monoisotopic (exact) mass is 202 g/mol. The lowest BCUT2D eigenvalue weighted by atomic mass is 10.3. The SMILES string of the molecule is CCOC(=O)/C=C(\O)CC(=O)OCC. The third kappa shape index (κ3) is 6.05. The lowest BCUT2D eigenvalue weighted by Crippen LogP contribution is -2.07. The van der Waals surface area contributed by atoms with Crippen molar-refractivity contribution in [2.75, 3.05) is 13.2 Å². The van der Waals surface area contributed by atoms with Gasteiger partial charge >= 0.3 is 11.9 Å². The van der Waals surface area contributed by atoms with Gasteiger partial charge in [-0.1, -0.05) is 0 Å². The molecule has 1 N–H and O–H groups in total. The van der Waals surface area contributed by atoms with Crippen LogP contribution in [0.5, 0.6) is 0 Å². The summed E-state index contributed by atoms with van der Waals surface area (Å²) < 4.78 is 9.09. The highest BCUT2D eigenvalue weighted by molar-refractivity contribution is 5.83. The maximum Gasteiger partial charge on any atom is 0.334 e. The van der Waals surface area contributed by atoms with Gasteiger partial charge in [0.1, 0.15) is 12.2 Å². The van der Waals surface area contributed by atoms with E-state index in [0.717, 1.165) is 6.08 Å². The Labute approximate surface area is 82.3 Å². The molecule has 0 rings (SSSR count). The summed E-state index contributed by atoms with van der Waals surface area (Å²) in [7, 11) is 0. The smallest absolute Gasteiger partial charge is 0.334 e. The van der Waals surface area contributed by atoms with Crippen LogP contribution in [0.3, 0.4) is 0 Å². The van der Waals surface area contributed by atoms with Crippen molar-refractivity contribution in [1.82, 2.24) is 0 Å². The summed E-state index contributed by atoms with van der Waals surface area (Å²) in [6.45, 7) is 3.77. The topological polar surface area (TPSA) is 72.8 Å². The number of carbonyl (C=O) groups is 2. The molecule has 0 unspecified atom stereocenters. The molecule has 0 bridgehead atoms. The third-order valence-electron chi connectivity index (χ3n) is 1.20. The van der Waals surface area contributed by atoms with Gasteiger partial charge < -0.3 is 14.6 Å². The second kappa shape index (κ2) is 6.94. The molecule has 0 aliphatic carbocycles. The first-order chi connectivity index (χ1) is 6.60. The van der Waals surface area contributed by atoms with Crippen LogP contribution in [0.1, 0.15) is 20.3 Å². The van der Waals surface area contributed by atoms with Crippen molar-refractivity contribution >= 4 is 11.9 Å². The van der Waals surface area contributed by atoms with E-state index in [-0.39, 0.29) is 25.4 Å². The second-order valence-electron chi connectivity index (χ2n) is 2.37. The standard InChI is InChI=1S/C9H14O5/c1-3-13-8(11)5-7(10)6-9(12)14-4-2/h5,10H,3-4,6H2,1-2H3/b7-5-. The van der Waals surface area contributed by atoms with Crippen LogP contribution in [0.15, 0.2) is 11.8 Å². The molecule has 0 aliphatic rings. The molecule has 0 spiro atoms. The fourth-order valence-corrected chi connectivity index (χ4v) is 0.731. The minimum atomic E-state index is -0.672. The van der Waals surface area contributed by atoms with Gasteiger partial charge in [-0.2, -0.15) is 0 Å². The molecular formula is C9H14O5. The molecule has 80 valence electrons. The molecule has 0 radical (unpaired) electrons. The van der Waals surface area contributed by atoms with Crippen molar-refractivity contribution in [3.8, 4) is 0 Å². The van der Waals surface area contributed by atoms with Crippen LogP contribution < -0.4 is 0 Å². The van der Waals surface area contributed by atoms with E-state index in [1.807, 2.05) is 0 Å². The highest BCUT2D eigenvalue weighted by atomic mass is 16.5. The zero-order chi connectivity index (χ0) is 11.0. The van der Waals surface area contributed by atoms with Crippen molar-refractivity contribution < 1.29 is 24.2 Å². The predicted octanol–water partition coefficient (Wildman–Crippen LogP) is 0.945. The van der Waals surface area contributed by atoms with E-state index in [0.29, 0.717) is 0 Å². The number of hydrogen-bond donors (Lipinski definition) is 1. The summed E-state index contributed by atoms with van der Waals surface area (Å²) in [5.74, 6) is -1.61. The highest BCUT2D eigenvalue weighted by Crippen LogP contribution is 1.99. The Morgan fingerprint density at radius 3 is 2.29 bits per heavy atom. The fraction of sp³-hybridized carbons (Fsp3) is 0.556. The van der Waals surface area contributed by atoms with E-state index in [1.165, 1.54) is 0 Å². The van der Waals surface area contributed by atoms with Crippen molar-refractivity contribution in [1.29, 1.82) is 0 Å². The average Bonchev–Trinajstić information content (AvgIpc) is 2.03. The maximum absolute atomic E-state index is 10.8. The second-order valence-corrected chi connectivity index (χ2v) is 2.37. The maximum atomic E-state index is 10.8. The Morgan fingerprint density at radius 2 is 1.79 bits per heavy atom. The van der Waals surface area contributed by atoms with Crippen molar-refractivity contribution in [3.05, 3.63) is 11.8 Å². The molecule has 0 saturated heterocycles. The Hall–Kier alpha value is -1.52. The summed E-state index contributed by atoms with van der Waals surface area (Å²) in [5.41, 5.74) is 0. The van der Waals surface area contributed by atoms with Crippen molar-refractivity contribution in [2.24, 2.45) is 0 Å². The van der Waals surface area contributed by atoms with Crippen LogP contribution in [0.25, 0.3) is 0 Å². The van der Waals surface area contributed by atoms with Crippen LogP contribution in [0, 0.1) is 0 Å². The van der Waals surface area contributed by atoms with E-state index >= 15 is 0 Å². The molecule has 0 aliphatic heterocycles. The first-order valence-corrected chi connectivity index (χ1v) is 4.32. The number of aliphatic hydroxyl groups excluding tert-OH is 1. The van der Waals surface area contributed by atoms with Gasteiger partial charge in [0.05, 0.1) is 19.3 Å². The molecule has 0 aromatic rings. The first-order valence-electron chi connectivity index (χ1n) is 4.32. The van der Waals surface area contributed by atoms with Crippen LogP contribution in [-0.2, 0) is 19.1 Å². The summed E-state index contributed by atoms with van der Waals surface area (Å²) >= 11 is 0. The van der Waals surface area contributed by atoms with Gasteiger partial charge in [0, 0.05) is 0 Å². The molecule has 0 aromatic carbocycles. The molecule has 0 saturated carbocycles. The number of rotatable bonds is 5. The predicted molar refractivity (Wildman–Crippen MR) is 48.6 cm³/mol. The quantitative estimate of drug-likeness (QED) is 0.408. The Bertz CT molecular complexity index is 231. The summed E-state index contributed by atoms with van der Waals surface area (Å²) in [6, 6.07) is 0.